The van der Waals surface area contributed by atoms with Crippen molar-refractivity contribution in [3.8, 4) is 22.7 Å². The van der Waals surface area contributed by atoms with Crippen molar-refractivity contribution in [1.29, 1.82) is 0 Å². The maximum absolute atomic E-state index is 5.28. The molecule has 7 heteroatoms. The number of nitrogens with zero attached hydrogens (tertiary/aromatic N) is 6. The molecule has 13 rings (SSSR count). The first kappa shape index (κ1) is 23.3. The van der Waals surface area contributed by atoms with E-state index in [1.807, 2.05) is 0 Å². The molecule has 3 aliphatic heterocycles. The molecule has 0 bridgehead atoms. The van der Waals surface area contributed by atoms with E-state index >= 15 is 0 Å². The van der Waals surface area contributed by atoms with Gasteiger partial charge in [-0.15, -0.1) is 0 Å². The highest BCUT2D eigenvalue weighted by atomic mass is 15.1. The quantitative estimate of drug-likeness (QED) is 0.210. The normalized spacial score (nSPS) is 13.7. The van der Waals surface area contributed by atoms with E-state index in [4.69, 9.17) is 9.97 Å². The molecule has 3 aliphatic rings. The highest BCUT2D eigenvalue weighted by Crippen LogP contribution is 2.47. The van der Waals surface area contributed by atoms with Crippen LogP contribution in [0.15, 0.2) is 103 Å². The van der Waals surface area contributed by atoms with Gasteiger partial charge in [0.15, 0.2) is 0 Å². The van der Waals surface area contributed by atoms with Crippen molar-refractivity contribution in [2.75, 3.05) is 0 Å². The van der Waals surface area contributed by atoms with Crippen LogP contribution in [0.1, 0.15) is 11.6 Å². The van der Waals surface area contributed by atoms with E-state index < -0.39 is 0 Å². The highest BCUT2D eigenvalue weighted by molar-refractivity contribution is 7.03. The molecule has 7 heterocycles. The van der Waals surface area contributed by atoms with E-state index in [1.165, 1.54) is 93.8 Å². The van der Waals surface area contributed by atoms with Crippen molar-refractivity contribution in [1.82, 2.24) is 28.2 Å². The fraction of sp³-hybridized carbons (Fsp3) is 0.0500. The molecule has 0 spiro atoms. The summed E-state index contributed by atoms with van der Waals surface area (Å²) in [6, 6.07) is 37.9. The van der Waals surface area contributed by atoms with Gasteiger partial charge >= 0.3 is 0 Å². The second-order valence-electron chi connectivity index (χ2n) is 13.4. The molecule has 0 amide bonds. The van der Waals surface area contributed by atoms with Crippen LogP contribution in [0.25, 0.3) is 88.4 Å². The average Bonchev–Trinajstić information content (AvgIpc) is 3.79. The Labute approximate surface area is 267 Å². The smallest absolute Gasteiger partial charge is 0.254 e. The molecule has 6 aromatic carbocycles. The van der Waals surface area contributed by atoms with Gasteiger partial charge in [0.1, 0.15) is 11.6 Å². The third kappa shape index (κ3) is 2.33. The van der Waals surface area contributed by atoms with Crippen LogP contribution in [0.5, 0.6) is 0 Å². The van der Waals surface area contributed by atoms with E-state index in [0.29, 0.717) is 0 Å². The fourth-order valence-electron chi connectivity index (χ4n) is 9.86. The minimum atomic E-state index is 0.0443. The Bertz CT molecular complexity index is 2930. The maximum Gasteiger partial charge on any atom is 0.254 e. The number of para-hydroxylation sites is 2. The van der Waals surface area contributed by atoms with E-state index in [-0.39, 0.29) is 6.71 Å². The van der Waals surface area contributed by atoms with Crippen molar-refractivity contribution < 1.29 is 0 Å². The fourth-order valence-corrected chi connectivity index (χ4v) is 9.86. The third-order valence-corrected chi connectivity index (χ3v) is 11.3. The molecule has 0 aliphatic carbocycles. The third-order valence-electron chi connectivity index (χ3n) is 11.3. The van der Waals surface area contributed by atoms with E-state index in [1.54, 1.807) is 0 Å². The summed E-state index contributed by atoms with van der Waals surface area (Å²) in [6.07, 6.45) is 0. The number of aryl methyl sites for hydroxylation is 2. The molecule has 47 heavy (non-hydrogen) atoms. The first-order valence-corrected chi connectivity index (χ1v) is 16.3. The summed E-state index contributed by atoms with van der Waals surface area (Å²) in [4.78, 5) is 10.6. The lowest BCUT2D eigenvalue weighted by molar-refractivity contribution is 0.981. The number of fused-ring (bicyclic) bond motifs is 2. The summed E-state index contributed by atoms with van der Waals surface area (Å²) in [6.45, 7) is 4.35. The molecule has 0 fully saturated rings. The zero-order valence-corrected chi connectivity index (χ0v) is 25.6. The Hall–Kier alpha value is -6.08. The predicted octanol–water partition coefficient (Wildman–Crippen LogP) is 6.63. The first-order valence-electron chi connectivity index (χ1n) is 16.3. The Morgan fingerprint density at radius 3 is 1.38 bits per heavy atom. The lowest BCUT2D eigenvalue weighted by atomic mass is 9.33. The van der Waals surface area contributed by atoms with Gasteiger partial charge in [0.05, 0.1) is 44.1 Å². The van der Waals surface area contributed by atoms with Crippen LogP contribution in [0.2, 0.25) is 0 Å². The molecular formula is C40H23BN6. The number of hydrogen-bond acceptors (Lipinski definition) is 2. The Morgan fingerprint density at radius 1 is 0.447 bits per heavy atom. The van der Waals surface area contributed by atoms with Crippen molar-refractivity contribution in [3.05, 3.63) is 115 Å². The van der Waals surface area contributed by atoms with Crippen LogP contribution in [-0.2, 0) is 0 Å². The second kappa shape index (κ2) is 7.32. The number of rotatable bonds is 2. The lowest BCUT2D eigenvalue weighted by Gasteiger charge is -2.33. The zero-order chi connectivity index (χ0) is 30.4. The van der Waals surface area contributed by atoms with Crippen LogP contribution in [0.4, 0.5) is 0 Å². The average molecular weight is 598 g/mol. The van der Waals surface area contributed by atoms with Gasteiger partial charge in [-0.2, -0.15) is 0 Å². The van der Waals surface area contributed by atoms with Crippen molar-refractivity contribution in [2.45, 2.75) is 13.8 Å². The first-order chi connectivity index (χ1) is 23.2. The molecule has 6 nitrogen and oxygen atoms in total. The van der Waals surface area contributed by atoms with Crippen molar-refractivity contribution in [2.24, 2.45) is 0 Å². The van der Waals surface area contributed by atoms with E-state index in [2.05, 4.69) is 135 Å². The summed E-state index contributed by atoms with van der Waals surface area (Å²) in [5.74, 6) is 2.04. The van der Waals surface area contributed by atoms with E-state index in [9.17, 15) is 0 Å². The van der Waals surface area contributed by atoms with Gasteiger partial charge in [-0.25, -0.2) is 9.97 Å². The lowest BCUT2D eigenvalue weighted by Crippen LogP contribution is -2.59. The molecule has 0 radical (unpaired) electrons. The van der Waals surface area contributed by atoms with Crippen molar-refractivity contribution in [3.63, 3.8) is 0 Å². The predicted molar refractivity (Wildman–Crippen MR) is 192 cm³/mol. The van der Waals surface area contributed by atoms with Crippen LogP contribution >= 0.6 is 0 Å². The number of benzene rings is 6. The van der Waals surface area contributed by atoms with Gasteiger partial charge in [0, 0.05) is 44.3 Å². The van der Waals surface area contributed by atoms with Crippen LogP contribution in [0, 0.1) is 13.8 Å². The minimum absolute atomic E-state index is 0.0443. The summed E-state index contributed by atoms with van der Waals surface area (Å²) >= 11 is 0. The summed E-state index contributed by atoms with van der Waals surface area (Å²) in [5, 5.41) is 5.35. The summed E-state index contributed by atoms with van der Waals surface area (Å²) < 4.78 is 9.81. The molecule has 0 N–H and O–H groups in total. The van der Waals surface area contributed by atoms with Crippen LogP contribution < -0.4 is 16.4 Å². The number of aromatic nitrogens is 6. The molecular weight excluding hydrogens is 575 g/mol. The molecule has 0 saturated carbocycles. The van der Waals surface area contributed by atoms with E-state index in [0.717, 1.165) is 22.7 Å². The highest BCUT2D eigenvalue weighted by Gasteiger charge is 2.45. The number of hydrogen-bond donors (Lipinski definition) is 0. The molecule has 216 valence electrons. The zero-order valence-electron chi connectivity index (χ0n) is 25.6. The summed E-state index contributed by atoms with van der Waals surface area (Å²) in [5.41, 5.74) is 18.4. The number of imidazole rings is 2. The molecule has 4 aromatic heterocycles. The molecule has 0 unspecified atom stereocenters. The molecule has 0 atom stereocenters. The SMILES string of the molecule is Cc1nc2cc3c4c5c2n1-c1cccc2c1B5c1c5c6c4c(ccc6n(-c4ccccc4)c5cc4nc(C)n-2c14)n3-c1ccccc1. The van der Waals surface area contributed by atoms with Gasteiger partial charge in [0.25, 0.3) is 6.71 Å². The van der Waals surface area contributed by atoms with Gasteiger partial charge in [-0.1, -0.05) is 42.5 Å². The Kier molecular flexibility index (Phi) is 3.63. The maximum atomic E-state index is 5.28. The minimum Gasteiger partial charge on any atom is -0.309 e. The largest absolute Gasteiger partial charge is 0.309 e. The second-order valence-corrected chi connectivity index (χ2v) is 13.4. The monoisotopic (exact) mass is 598 g/mol. The van der Waals surface area contributed by atoms with Gasteiger partial charge < -0.3 is 9.13 Å². The summed E-state index contributed by atoms with van der Waals surface area (Å²) in [7, 11) is 0. The molecule has 0 saturated heterocycles. The van der Waals surface area contributed by atoms with Crippen LogP contribution in [0.3, 0.4) is 0 Å². The van der Waals surface area contributed by atoms with Gasteiger partial charge in [-0.05, 0) is 90.9 Å². The van der Waals surface area contributed by atoms with Gasteiger partial charge in [-0.3, -0.25) is 9.13 Å². The Morgan fingerprint density at radius 2 is 0.915 bits per heavy atom. The van der Waals surface area contributed by atoms with Gasteiger partial charge in [0.2, 0.25) is 0 Å². The van der Waals surface area contributed by atoms with Crippen LogP contribution in [-0.4, -0.2) is 34.9 Å². The standard InChI is InChI=1S/C40H23BN6/c1-20-42-24-18-30-34-32-26(46(30)22-10-5-3-6-11-22)16-17-27-33(32)35-31(47(27)23-12-7-4-8-13-23)19-25-40-38(35)41-36-28(44(20)39(24)37(34)41)14-9-15-29(36)45(40)21(2)43-25/h3-19H,1-2H3. The topological polar surface area (TPSA) is 45.5 Å². The molecule has 10 aromatic rings. The van der Waals surface area contributed by atoms with Crippen molar-refractivity contribution >= 4 is 88.8 Å². The Balaban J connectivity index is 1.43.